The zero-order valence-corrected chi connectivity index (χ0v) is 15.2. The van der Waals surface area contributed by atoms with Crippen molar-refractivity contribution in [3.8, 4) is 11.5 Å². The van der Waals surface area contributed by atoms with Crippen molar-refractivity contribution in [3.05, 3.63) is 52.2 Å². The Morgan fingerprint density at radius 2 is 1.88 bits per heavy atom. The van der Waals surface area contributed by atoms with Crippen LogP contribution in [0.2, 0.25) is 5.02 Å². The van der Waals surface area contributed by atoms with Gasteiger partial charge in [-0.25, -0.2) is 0 Å². The van der Waals surface area contributed by atoms with E-state index >= 15 is 0 Å². The van der Waals surface area contributed by atoms with Crippen LogP contribution >= 0.6 is 11.6 Å². The summed E-state index contributed by atoms with van der Waals surface area (Å²) in [5.74, 6) is 1.02. The van der Waals surface area contributed by atoms with Crippen LogP contribution in [0.25, 0.3) is 10.9 Å². The smallest absolute Gasteiger partial charge is 0.272 e. The van der Waals surface area contributed by atoms with E-state index in [9.17, 15) is 4.79 Å². The van der Waals surface area contributed by atoms with E-state index in [0.29, 0.717) is 22.2 Å². The number of fused-ring (bicyclic) bond motifs is 1. The Bertz CT molecular complexity index is 963. The van der Waals surface area contributed by atoms with Crippen LogP contribution in [0.1, 0.15) is 21.6 Å². The van der Waals surface area contributed by atoms with Crippen LogP contribution < -0.4 is 14.8 Å². The third kappa shape index (κ3) is 3.15. The molecule has 1 heterocycles. The quantitative estimate of drug-likeness (QED) is 0.710. The lowest BCUT2D eigenvalue weighted by atomic mass is 10.1. The molecule has 130 valence electrons. The third-order valence-corrected chi connectivity index (χ3v) is 4.63. The van der Waals surface area contributed by atoms with Crippen molar-refractivity contribution in [1.82, 2.24) is 4.98 Å². The number of ether oxygens (including phenoxy) is 2. The van der Waals surface area contributed by atoms with Crippen molar-refractivity contribution < 1.29 is 14.3 Å². The molecule has 3 aromatic rings. The Morgan fingerprint density at radius 1 is 1.12 bits per heavy atom. The number of benzene rings is 2. The number of carbonyl (C=O) groups excluding carboxylic acids is 1. The molecule has 1 amide bonds. The third-order valence-electron chi connectivity index (χ3n) is 4.22. The van der Waals surface area contributed by atoms with Gasteiger partial charge in [0, 0.05) is 22.0 Å². The van der Waals surface area contributed by atoms with Gasteiger partial charge in [-0.15, -0.1) is 0 Å². The second kappa shape index (κ2) is 6.69. The molecule has 1 aromatic heterocycles. The monoisotopic (exact) mass is 358 g/mol. The van der Waals surface area contributed by atoms with Gasteiger partial charge in [0.05, 0.1) is 19.9 Å². The van der Waals surface area contributed by atoms with Crippen molar-refractivity contribution in [1.29, 1.82) is 0 Å². The summed E-state index contributed by atoms with van der Waals surface area (Å²) in [6.07, 6.45) is 0. The van der Waals surface area contributed by atoms with E-state index in [2.05, 4.69) is 10.3 Å². The zero-order valence-electron chi connectivity index (χ0n) is 14.5. The normalized spacial score (nSPS) is 10.8. The molecule has 0 fully saturated rings. The molecule has 0 aliphatic rings. The molecule has 0 saturated carbocycles. The summed E-state index contributed by atoms with van der Waals surface area (Å²) in [5.41, 5.74) is 3.66. The van der Waals surface area contributed by atoms with Crippen LogP contribution in [0.4, 0.5) is 5.69 Å². The van der Waals surface area contributed by atoms with Gasteiger partial charge >= 0.3 is 0 Å². The van der Waals surface area contributed by atoms with Crippen molar-refractivity contribution in [2.24, 2.45) is 0 Å². The van der Waals surface area contributed by atoms with E-state index in [1.54, 1.807) is 19.2 Å². The number of aromatic nitrogens is 1. The molecule has 2 aromatic carbocycles. The molecule has 0 spiro atoms. The van der Waals surface area contributed by atoms with Gasteiger partial charge in [0.2, 0.25) is 0 Å². The van der Waals surface area contributed by atoms with Crippen molar-refractivity contribution in [2.45, 2.75) is 13.8 Å². The first kappa shape index (κ1) is 17.2. The number of hydrogen-bond acceptors (Lipinski definition) is 3. The molecule has 0 bridgehead atoms. The minimum atomic E-state index is -0.243. The summed E-state index contributed by atoms with van der Waals surface area (Å²) in [5, 5.41) is 4.43. The fourth-order valence-electron chi connectivity index (χ4n) is 2.77. The molecular weight excluding hydrogens is 340 g/mol. The Balaban J connectivity index is 1.98. The van der Waals surface area contributed by atoms with E-state index in [4.69, 9.17) is 21.1 Å². The van der Waals surface area contributed by atoms with Crippen molar-refractivity contribution in [2.75, 3.05) is 19.5 Å². The summed E-state index contributed by atoms with van der Waals surface area (Å²) in [7, 11) is 3.16. The first-order valence-electron chi connectivity index (χ1n) is 7.76. The van der Waals surface area contributed by atoms with E-state index in [1.165, 1.54) is 7.11 Å². The predicted molar refractivity (Wildman–Crippen MR) is 100 cm³/mol. The topological polar surface area (TPSA) is 63.4 Å². The second-order valence-electron chi connectivity index (χ2n) is 5.79. The summed E-state index contributed by atoms with van der Waals surface area (Å²) >= 11 is 6.11. The van der Waals surface area contributed by atoms with Gasteiger partial charge in [-0.1, -0.05) is 11.6 Å². The molecule has 0 aliphatic heterocycles. The van der Waals surface area contributed by atoms with E-state index in [0.717, 1.165) is 27.8 Å². The number of carbonyl (C=O) groups is 1. The fraction of sp³-hybridized carbons (Fsp3) is 0.211. The number of rotatable bonds is 4. The number of aryl methyl sites for hydroxylation is 2. The van der Waals surface area contributed by atoms with Crippen LogP contribution in [0.5, 0.6) is 11.5 Å². The summed E-state index contributed by atoms with van der Waals surface area (Å²) < 4.78 is 10.6. The average Bonchev–Trinajstić information content (AvgIpc) is 2.94. The Kier molecular flexibility index (Phi) is 4.59. The minimum Gasteiger partial charge on any atom is -0.497 e. The fourth-order valence-corrected chi connectivity index (χ4v) is 2.93. The number of halogens is 1. The molecule has 0 radical (unpaired) electrons. The number of H-pyrrole nitrogens is 1. The van der Waals surface area contributed by atoms with Gasteiger partial charge in [0.1, 0.15) is 17.2 Å². The van der Waals surface area contributed by atoms with Gasteiger partial charge < -0.3 is 19.8 Å². The van der Waals surface area contributed by atoms with Crippen LogP contribution in [-0.4, -0.2) is 25.1 Å². The summed E-state index contributed by atoms with van der Waals surface area (Å²) in [4.78, 5) is 15.9. The molecule has 3 rings (SSSR count). The zero-order chi connectivity index (χ0) is 18.1. The number of nitrogens with one attached hydrogen (secondary N) is 2. The lowest BCUT2D eigenvalue weighted by Crippen LogP contribution is -2.14. The maximum atomic E-state index is 12.8. The van der Waals surface area contributed by atoms with E-state index in [1.807, 2.05) is 32.0 Å². The Morgan fingerprint density at radius 3 is 2.56 bits per heavy atom. The molecule has 6 heteroatoms. The number of anilines is 1. The predicted octanol–water partition coefficient (Wildman–Crippen LogP) is 4.71. The van der Waals surface area contributed by atoms with Crippen LogP contribution in [0.3, 0.4) is 0 Å². The molecule has 2 N–H and O–H groups in total. The van der Waals surface area contributed by atoms with Crippen molar-refractivity contribution in [3.63, 3.8) is 0 Å². The SMILES string of the molecule is COc1ccc2[nH]c(C(=O)Nc3cc(C)c(Cl)cc3OC)c(C)c2c1. The van der Waals surface area contributed by atoms with Gasteiger partial charge in [0.15, 0.2) is 0 Å². The summed E-state index contributed by atoms with van der Waals surface area (Å²) in [6, 6.07) is 9.14. The van der Waals surface area contributed by atoms with Crippen LogP contribution in [-0.2, 0) is 0 Å². The highest BCUT2D eigenvalue weighted by Crippen LogP contribution is 2.32. The molecule has 5 nitrogen and oxygen atoms in total. The highest BCUT2D eigenvalue weighted by molar-refractivity contribution is 6.31. The molecule has 25 heavy (non-hydrogen) atoms. The molecule has 0 unspecified atom stereocenters. The van der Waals surface area contributed by atoms with Crippen LogP contribution in [0, 0.1) is 13.8 Å². The summed E-state index contributed by atoms with van der Waals surface area (Å²) in [6.45, 7) is 3.77. The standard InChI is InChI=1S/C19H19ClN2O3/c1-10-7-16(17(25-4)9-14(10)20)22-19(23)18-11(2)13-8-12(24-3)5-6-15(13)21-18/h5-9,21H,1-4H3,(H,22,23). The van der Waals surface area contributed by atoms with Gasteiger partial charge in [-0.05, 0) is 49.2 Å². The number of amides is 1. The van der Waals surface area contributed by atoms with Crippen LogP contribution in [0.15, 0.2) is 30.3 Å². The van der Waals surface area contributed by atoms with Gasteiger partial charge in [0.25, 0.3) is 5.91 Å². The maximum absolute atomic E-state index is 12.8. The lowest BCUT2D eigenvalue weighted by molar-refractivity contribution is 0.102. The van der Waals surface area contributed by atoms with Gasteiger partial charge in [-0.2, -0.15) is 0 Å². The molecular formula is C19H19ClN2O3. The first-order chi connectivity index (χ1) is 11.9. The second-order valence-corrected chi connectivity index (χ2v) is 6.20. The first-order valence-corrected chi connectivity index (χ1v) is 8.14. The van der Waals surface area contributed by atoms with E-state index in [-0.39, 0.29) is 5.91 Å². The maximum Gasteiger partial charge on any atom is 0.272 e. The highest BCUT2D eigenvalue weighted by Gasteiger charge is 2.17. The minimum absolute atomic E-state index is 0.243. The van der Waals surface area contributed by atoms with Gasteiger partial charge in [-0.3, -0.25) is 4.79 Å². The molecule has 0 atom stereocenters. The average molecular weight is 359 g/mol. The Labute approximate surface area is 150 Å². The molecule has 0 saturated heterocycles. The highest BCUT2D eigenvalue weighted by atomic mass is 35.5. The largest absolute Gasteiger partial charge is 0.497 e. The lowest BCUT2D eigenvalue weighted by Gasteiger charge is -2.12. The number of methoxy groups -OCH3 is 2. The Hall–Kier alpha value is -2.66. The molecule has 0 aliphatic carbocycles. The van der Waals surface area contributed by atoms with Crippen molar-refractivity contribution >= 4 is 34.1 Å². The number of aromatic amines is 1. The van der Waals surface area contributed by atoms with E-state index < -0.39 is 0 Å². The number of hydrogen-bond donors (Lipinski definition) is 2.